The van der Waals surface area contributed by atoms with Crippen molar-refractivity contribution in [2.24, 2.45) is 0 Å². The van der Waals surface area contributed by atoms with Crippen molar-refractivity contribution in [1.29, 1.82) is 0 Å². The average molecular weight is 526 g/mol. The summed E-state index contributed by atoms with van der Waals surface area (Å²) in [4.78, 5) is 20.2. The van der Waals surface area contributed by atoms with Crippen LogP contribution in [0, 0.1) is 11.6 Å². The van der Waals surface area contributed by atoms with Crippen molar-refractivity contribution in [2.45, 2.75) is 44.3 Å². The van der Waals surface area contributed by atoms with E-state index in [9.17, 15) is 13.6 Å². The van der Waals surface area contributed by atoms with E-state index in [-0.39, 0.29) is 31.9 Å². The van der Waals surface area contributed by atoms with Crippen LogP contribution in [0.2, 0.25) is 5.02 Å². The summed E-state index contributed by atoms with van der Waals surface area (Å²) in [5.41, 5.74) is 2.97. The van der Waals surface area contributed by atoms with E-state index in [1.807, 2.05) is 42.3 Å². The summed E-state index contributed by atoms with van der Waals surface area (Å²) in [7, 11) is 1.96. The van der Waals surface area contributed by atoms with Crippen LogP contribution in [0.15, 0.2) is 60.9 Å². The molecule has 1 aliphatic carbocycles. The van der Waals surface area contributed by atoms with Crippen molar-refractivity contribution in [3.63, 3.8) is 0 Å². The van der Waals surface area contributed by atoms with E-state index in [1.165, 1.54) is 0 Å². The molecule has 4 aromatic rings. The molecule has 2 heterocycles. The number of hydrogen-bond acceptors (Lipinski definition) is 4. The topological polar surface area (TPSA) is 45.2 Å². The first-order valence-electron chi connectivity index (χ1n) is 12.0. The van der Waals surface area contributed by atoms with E-state index in [1.54, 1.807) is 12.4 Å². The lowest BCUT2D eigenvalue weighted by molar-refractivity contribution is 0.0606. The molecule has 0 bridgehead atoms. The Morgan fingerprint density at radius 3 is 2.53 bits per heavy atom. The average Bonchev–Trinajstić information content (AvgIpc) is 3.28. The van der Waals surface area contributed by atoms with Crippen LogP contribution in [-0.2, 0) is 6.54 Å². The number of hydrogen-bond donors (Lipinski definition) is 1. The largest absolute Gasteiger partial charge is 0.331 e. The van der Waals surface area contributed by atoms with Gasteiger partial charge in [-0.25, -0.2) is 8.78 Å². The van der Waals surface area contributed by atoms with Crippen LogP contribution in [0.3, 0.4) is 0 Å². The fourth-order valence-electron chi connectivity index (χ4n) is 4.99. The quantitative estimate of drug-likeness (QED) is 0.293. The zero-order valence-electron chi connectivity index (χ0n) is 19.8. The van der Waals surface area contributed by atoms with Gasteiger partial charge in [-0.2, -0.15) is 0 Å². The van der Waals surface area contributed by atoms with Crippen LogP contribution >= 0.6 is 22.9 Å². The fraction of sp³-hybridized carbons (Fsp3) is 0.286. The van der Waals surface area contributed by atoms with Gasteiger partial charge >= 0.3 is 0 Å². The van der Waals surface area contributed by atoms with Gasteiger partial charge in [0.05, 0.1) is 15.1 Å². The molecule has 186 valence electrons. The van der Waals surface area contributed by atoms with E-state index in [2.05, 4.69) is 16.4 Å². The van der Waals surface area contributed by atoms with Gasteiger partial charge in [0.15, 0.2) is 0 Å². The molecule has 0 spiro atoms. The molecule has 0 aliphatic heterocycles. The van der Waals surface area contributed by atoms with Crippen LogP contribution in [0.5, 0.6) is 0 Å². The minimum absolute atomic E-state index is 0.000112. The Kier molecular flexibility index (Phi) is 7.32. The third-order valence-electron chi connectivity index (χ3n) is 6.96. The molecule has 5 rings (SSSR count). The predicted molar refractivity (Wildman–Crippen MR) is 141 cm³/mol. The maximum absolute atomic E-state index is 14.5. The number of carbonyl (C=O) groups is 1. The molecule has 1 amide bonds. The lowest BCUT2D eigenvalue weighted by atomic mass is 9.89. The van der Waals surface area contributed by atoms with Crippen LogP contribution in [0.4, 0.5) is 8.78 Å². The number of thiophene rings is 1. The van der Waals surface area contributed by atoms with Crippen LogP contribution < -0.4 is 5.32 Å². The molecule has 0 radical (unpaired) electrons. The number of fused-ring (bicyclic) bond motifs is 1. The summed E-state index contributed by atoms with van der Waals surface area (Å²) in [6.07, 6.45) is 7.11. The number of nitrogens with one attached hydrogen (secondary N) is 1. The van der Waals surface area contributed by atoms with Gasteiger partial charge < -0.3 is 10.2 Å². The summed E-state index contributed by atoms with van der Waals surface area (Å²) in [6, 6.07) is 14.4. The molecular formula is C28H26ClF2N3OS. The summed E-state index contributed by atoms with van der Waals surface area (Å²) < 4.78 is 29.0. The Bertz CT molecular complexity index is 1390. The molecule has 0 atom stereocenters. The van der Waals surface area contributed by atoms with Crippen molar-refractivity contribution in [1.82, 2.24) is 15.2 Å². The van der Waals surface area contributed by atoms with Gasteiger partial charge in [0.2, 0.25) is 0 Å². The van der Waals surface area contributed by atoms with E-state index < -0.39 is 11.6 Å². The zero-order chi connectivity index (χ0) is 25.2. The molecule has 4 nitrogen and oxygen atoms in total. The van der Waals surface area contributed by atoms with Crippen molar-refractivity contribution in [2.75, 3.05) is 7.05 Å². The molecule has 1 N–H and O–H groups in total. The van der Waals surface area contributed by atoms with Crippen LogP contribution in [0.1, 0.15) is 40.9 Å². The minimum Gasteiger partial charge on any atom is -0.331 e. The minimum atomic E-state index is -0.628. The molecule has 8 heteroatoms. The van der Waals surface area contributed by atoms with Gasteiger partial charge in [-0.15, -0.1) is 11.3 Å². The number of carbonyl (C=O) groups excluding carboxylic acids is 1. The molecule has 1 aliphatic rings. The summed E-state index contributed by atoms with van der Waals surface area (Å²) in [6.45, 7) is 0.372. The van der Waals surface area contributed by atoms with Crippen LogP contribution in [0.25, 0.3) is 21.2 Å². The molecule has 1 saturated carbocycles. The number of benzene rings is 2. The third-order valence-corrected chi connectivity index (χ3v) is 8.63. The van der Waals surface area contributed by atoms with E-state index >= 15 is 0 Å². The van der Waals surface area contributed by atoms with Crippen LogP contribution in [-0.4, -0.2) is 34.9 Å². The van der Waals surface area contributed by atoms with Gasteiger partial charge in [0, 0.05) is 31.0 Å². The lowest BCUT2D eigenvalue weighted by Crippen LogP contribution is -2.44. The Morgan fingerprint density at radius 2 is 1.83 bits per heavy atom. The first-order valence-corrected chi connectivity index (χ1v) is 13.2. The Labute approximate surface area is 217 Å². The highest BCUT2D eigenvalue weighted by Gasteiger charge is 2.32. The highest BCUT2D eigenvalue weighted by atomic mass is 35.5. The highest BCUT2D eigenvalue weighted by Crippen LogP contribution is 2.40. The van der Waals surface area contributed by atoms with Crippen molar-refractivity contribution < 1.29 is 13.6 Å². The predicted octanol–water partition coefficient (Wildman–Crippen LogP) is 7.07. The first-order chi connectivity index (χ1) is 17.5. The van der Waals surface area contributed by atoms with E-state index in [0.717, 1.165) is 65.8 Å². The third kappa shape index (κ3) is 4.88. The van der Waals surface area contributed by atoms with E-state index in [4.69, 9.17) is 11.6 Å². The second-order valence-electron chi connectivity index (χ2n) is 9.15. The van der Waals surface area contributed by atoms with Gasteiger partial charge in [-0.3, -0.25) is 9.78 Å². The van der Waals surface area contributed by atoms with Gasteiger partial charge in [-0.1, -0.05) is 35.9 Å². The number of halogens is 3. The van der Waals surface area contributed by atoms with Crippen molar-refractivity contribution in [3.05, 3.63) is 88.0 Å². The standard InChI is InChI=1S/C28H26ClF2N3OS/c1-32-20-7-9-21(10-8-20)34(16-17-4-2-5-18(14-17)19-6-3-13-33-15-19)28(35)27-25(29)24-22(30)11-12-23(31)26(24)36-27/h2-6,11-15,20-21,32H,7-10,16H2,1H3/t20-,21-. The zero-order valence-corrected chi connectivity index (χ0v) is 21.4. The van der Waals surface area contributed by atoms with Gasteiger partial charge in [0.25, 0.3) is 5.91 Å². The normalized spacial score (nSPS) is 17.9. The smallest absolute Gasteiger partial charge is 0.266 e. The Balaban J connectivity index is 1.51. The Morgan fingerprint density at radius 1 is 1.08 bits per heavy atom. The number of aromatic nitrogens is 1. The molecule has 2 aromatic carbocycles. The molecular weight excluding hydrogens is 500 g/mol. The van der Waals surface area contributed by atoms with Gasteiger partial charge in [-0.05, 0) is 73.7 Å². The molecule has 1 fully saturated rings. The summed E-state index contributed by atoms with van der Waals surface area (Å²) in [5.74, 6) is -1.50. The Hall–Kier alpha value is -2.87. The fourth-order valence-corrected chi connectivity index (χ4v) is 6.49. The second kappa shape index (κ2) is 10.6. The summed E-state index contributed by atoms with van der Waals surface area (Å²) in [5, 5.41) is 3.28. The highest BCUT2D eigenvalue weighted by molar-refractivity contribution is 7.21. The maximum Gasteiger partial charge on any atom is 0.266 e. The number of amides is 1. The van der Waals surface area contributed by atoms with E-state index in [0.29, 0.717) is 12.6 Å². The number of pyridine rings is 1. The first kappa shape index (κ1) is 24.8. The van der Waals surface area contributed by atoms with Gasteiger partial charge in [0.1, 0.15) is 16.5 Å². The second-order valence-corrected chi connectivity index (χ2v) is 10.5. The molecule has 2 aromatic heterocycles. The number of rotatable bonds is 6. The summed E-state index contributed by atoms with van der Waals surface area (Å²) >= 11 is 7.43. The monoisotopic (exact) mass is 525 g/mol. The molecule has 0 unspecified atom stereocenters. The van der Waals surface area contributed by atoms with Crippen molar-refractivity contribution >= 4 is 38.9 Å². The van der Waals surface area contributed by atoms with Crippen molar-refractivity contribution in [3.8, 4) is 11.1 Å². The SMILES string of the molecule is CN[C@H]1CC[C@H](N(Cc2cccc(-c3cccnc3)c2)C(=O)c2sc3c(F)ccc(F)c3c2Cl)CC1. The maximum atomic E-state index is 14.5. The molecule has 36 heavy (non-hydrogen) atoms. The molecule has 0 saturated heterocycles. The lowest BCUT2D eigenvalue weighted by Gasteiger charge is -2.37. The number of nitrogens with zero attached hydrogens (tertiary/aromatic N) is 2.